The number of carbonyl (C=O) groups excluding carboxylic acids is 2. The highest BCUT2D eigenvalue weighted by Gasteiger charge is 2.15. The van der Waals surface area contributed by atoms with E-state index in [0.29, 0.717) is 40.8 Å². The van der Waals surface area contributed by atoms with Crippen LogP contribution < -0.4 is 20.5 Å². The second-order valence-electron chi connectivity index (χ2n) is 4.51. The van der Waals surface area contributed by atoms with Gasteiger partial charge in [-0.2, -0.15) is 0 Å². The normalized spacial score (nSPS) is 10.2. The lowest BCUT2D eigenvalue weighted by molar-refractivity contribution is 0.100. The number of ether oxygens (including phenoxy) is 2. The monoisotopic (exact) mass is 334 g/mol. The Morgan fingerprint density at radius 3 is 2.48 bits per heavy atom. The first-order valence-electron chi connectivity index (χ1n) is 7.15. The van der Waals surface area contributed by atoms with Crippen molar-refractivity contribution in [3.8, 4) is 11.5 Å². The molecule has 0 unspecified atom stereocenters. The summed E-state index contributed by atoms with van der Waals surface area (Å²) in [6.07, 6.45) is 0. The Balaban J connectivity index is 2.23. The molecule has 0 aliphatic rings. The van der Waals surface area contributed by atoms with Crippen molar-refractivity contribution in [2.75, 3.05) is 18.5 Å². The molecule has 0 atom stereocenters. The molecule has 0 aliphatic heterocycles. The van der Waals surface area contributed by atoms with E-state index in [9.17, 15) is 9.59 Å². The summed E-state index contributed by atoms with van der Waals surface area (Å²) in [7, 11) is 0. The van der Waals surface area contributed by atoms with Crippen molar-refractivity contribution in [1.82, 2.24) is 0 Å². The summed E-state index contributed by atoms with van der Waals surface area (Å²) in [5.74, 6) is 0.158. The first kappa shape index (κ1) is 16.8. The van der Waals surface area contributed by atoms with Crippen LogP contribution in [0, 0.1) is 0 Å². The van der Waals surface area contributed by atoms with Gasteiger partial charge in [-0.25, -0.2) is 0 Å². The lowest BCUT2D eigenvalue weighted by atomic mass is 10.2. The number of nitrogens with two attached hydrogens (primary N) is 1. The third-order valence-electron chi connectivity index (χ3n) is 2.96. The first-order valence-corrected chi connectivity index (χ1v) is 8.03. The fraction of sp³-hybridized carbons (Fsp3) is 0.250. The van der Waals surface area contributed by atoms with E-state index in [0.717, 1.165) is 0 Å². The maximum Gasteiger partial charge on any atom is 0.256 e. The van der Waals surface area contributed by atoms with Crippen LogP contribution in [0.4, 0.5) is 5.00 Å². The number of rotatable bonds is 7. The Hall–Kier alpha value is -2.54. The SMILES string of the molecule is CCOc1ccc(C(=O)Nc2sccc2C(N)=O)cc1OCC. The Labute approximate surface area is 138 Å². The van der Waals surface area contributed by atoms with Crippen LogP contribution in [-0.4, -0.2) is 25.0 Å². The van der Waals surface area contributed by atoms with Gasteiger partial charge in [-0.1, -0.05) is 0 Å². The van der Waals surface area contributed by atoms with Gasteiger partial charge in [0.05, 0.1) is 18.8 Å². The Morgan fingerprint density at radius 1 is 1.13 bits per heavy atom. The van der Waals surface area contributed by atoms with Crippen LogP contribution in [-0.2, 0) is 0 Å². The zero-order chi connectivity index (χ0) is 16.8. The van der Waals surface area contributed by atoms with Crippen molar-refractivity contribution in [2.45, 2.75) is 13.8 Å². The largest absolute Gasteiger partial charge is 0.490 e. The molecule has 0 saturated carbocycles. The Kier molecular flexibility index (Phi) is 5.59. The van der Waals surface area contributed by atoms with Crippen molar-refractivity contribution in [3.63, 3.8) is 0 Å². The number of benzene rings is 1. The maximum atomic E-state index is 12.4. The van der Waals surface area contributed by atoms with E-state index in [4.69, 9.17) is 15.2 Å². The van der Waals surface area contributed by atoms with E-state index in [-0.39, 0.29) is 5.91 Å². The lowest BCUT2D eigenvalue weighted by Crippen LogP contribution is -2.16. The van der Waals surface area contributed by atoms with Gasteiger partial charge in [0.15, 0.2) is 11.5 Å². The smallest absolute Gasteiger partial charge is 0.256 e. The fourth-order valence-corrected chi connectivity index (χ4v) is 2.76. The van der Waals surface area contributed by atoms with E-state index in [1.807, 2.05) is 13.8 Å². The molecule has 2 aromatic rings. The standard InChI is InChI=1S/C16H18N2O4S/c1-3-21-12-6-5-10(9-13(12)22-4-2)15(20)18-16-11(14(17)19)7-8-23-16/h5-9H,3-4H2,1-2H3,(H2,17,19)(H,18,20). The minimum Gasteiger partial charge on any atom is -0.490 e. The molecule has 0 aliphatic carbocycles. The average Bonchev–Trinajstić information content (AvgIpc) is 2.97. The molecule has 23 heavy (non-hydrogen) atoms. The fourth-order valence-electron chi connectivity index (χ4n) is 1.97. The number of primary amides is 1. The number of carbonyl (C=O) groups is 2. The van der Waals surface area contributed by atoms with Gasteiger partial charge in [0.1, 0.15) is 5.00 Å². The molecule has 1 aromatic carbocycles. The molecule has 2 amide bonds. The van der Waals surface area contributed by atoms with Crippen molar-refractivity contribution in [2.24, 2.45) is 5.73 Å². The van der Waals surface area contributed by atoms with Gasteiger partial charge < -0.3 is 20.5 Å². The highest BCUT2D eigenvalue weighted by atomic mass is 32.1. The third kappa shape index (κ3) is 4.01. The van der Waals surface area contributed by atoms with Crippen molar-refractivity contribution < 1.29 is 19.1 Å². The predicted octanol–water partition coefficient (Wildman–Crippen LogP) is 2.90. The summed E-state index contributed by atoms with van der Waals surface area (Å²) < 4.78 is 11.0. The molecular weight excluding hydrogens is 316 g/mol. The second kappa shape index (κ2) is 7.64. The zero-order valence-electron chi connectivity index (χ0n) is 12.9. The van der Waals surface area contributed by atoms with Crippen molar-refractivity contribution in [3.05, 3.63) is 40.8 Å². The van der Waals surface area contributed by atoms with Gasteiger partial charge in [0, 0.05) is 5.56 Å². The van der Waals surface area contributed by atoms with Gasteiger partial charge in [-0.3, -0.25) is 9.59 Å². The molecule has 2 rings (SSSR count). The van der Waals surface area contributed by atoms with Crippen LogP contribution in [0.15, 0.2) is 29.6 Å². The van der Waals surface area contributed by atoms with E-state index in [1.54, 1.807) is 29.6 Å². The maximum absolute atomic E-state index is 12.4. The minimum atomic E-state index is -0.580. The number of amides is 2. The van der Waals surface area contributed by atoms with E-state index >= 15 is 0 Å². The van der Waals surface area contributed by atoms with Gasteiger partial charge in [-0.05, 0) is 43.5 Å². The molecule has 7 heteroatoms. The van der Waals surface area contributed by atoms with Gasteiger partial charge in [0.25, 0.3) is 11.8 Å². The number of thiophene rings is 1. The van der Waals surface area contributed by atoms with E-state index in [1.165, 1.54) is 11.3 Å². The number of hydrogen-bond donors (Lipinski definition) is 2. The van der Waals surface area contributed by atoms with Gasteiger partial charge in [0.2, 0.25) is 0 Å². The minimum absolute atomic E-state index is 0.291. The molecule has 0 saturated heterocycles. The summed E-state index contributed by atoms with van der Waals surface area (Å²) in [6.45, 7) is 4.69. The molecule has 0 bridgehead atoms. The first-order chi connectivity index (χ1) is 11.1. The molecule has 0 spiro atoms. The Bertz CT molecular complexity index is 712. The molecule has 122 valence electrons. The van der Waals surface area contributed by atoms with Crippen LogP contribution in [0.1, 0.15) is 34.6 Å². The topological polar surface area (TPSA) is 90.6 Å². The van der Waals surface area contributed by atoms with Crippen molar-refractivity contribution >= 4 is 28.2 Å². The number of nitrogens with one attached hydrogen (secondary N) is 1. The second-order valence-corrected chi connectivity index (χ2v) is 5.43. The molecule has 0 fully saturated rings. The van der Waals surface area contributed by atoms with Crippen LogP contribution in [0.3, 0.4) is 0 Å². The lowest BCUT2D eigenvalue weighted by Gasteiger charge is -2.12. The molecule has 0 radical (unpaired) electrons. The molecule has 3 N–H and O–H groups in total. The molecular formula is C16H18N2O4S. The summed E-state index contributed by atoms with van der Waals surface area (Å²) in [4.78, 5) is 23.7. The average molecular weight is 334 g/mol. The molecule has 1 heterocycles. The van der Waals surface area contributed by atoms with Crippen LogP contribution >= 0.6 is 11.3 Å². The van der Waals surface area contributed by atoms with E-state index < -0.39 is 5.91 Å². The molecule has 6 nitrogen and oxygen atoms in total. The van der Waals surface area contributed by atoms with Crippen LogP contribution in [0.25, 0.3) is 0 Å². The van der Waals surface area contributed by atoms with Crippen LogP contribution in [0.5, 0.6) is 11.5 Å². The third-order valence-corrected chi connectivity index (χ3v) is 3.79. The van der Waals surface area contributed by atoms with Gasteiger partial charge >= 0.3 is 0 Å². The number of anilines is 1. The Morgan fingerprint density at radius 2 is 1.83 bits per heavy atom. The summed E-state index contributed by atoms with van der Waals surface area (Å²) in [5, 5.41) is 4.81. The zero-order valence-corrected chi connectivity index (χ0v) is 13.7. The van der Waals surface area contributed by atoms with Crippen molar-refractivity contribution in [1.29, 1.82) is 0 Å². The van der Waals surface area contributed by atoms with Gasteiger partial charge in [-0.15, -0.1) is 11.3 Å². The highest BCUT2D eigenvalue weighted by Crippen LogP contribution is 2.29. The highest BCUT2D eigenvalue weighted by molar-refractivity contribution is 7.14. The predicted molar refractivity (Wildman–Crippen MR) is 89.6 cm³/mol. The number of hydrogen-bond acceptors (Lipinski definition) is 5. The molecule has 1 aromatic heterocycles. The van der Waals surface area contributed by atoms with E-state index in [2.05, 4.69) is 5.32 Å². The quantitative estimate of drug-likeness (QED) is 0.814. The summed E-state index contributed by atoms with van der Waals surface area (Å²) in [6, 6.07) is 6.51. The summed E-state index contributed by atoms with van der Waals surface area (Å²) in [5.41, 5.74) is 5.96. The van der Waals surface area contributed by atoms with Crippen LogP contribution in [0.2, 0.25) is 0 Å². The summed E-state index contributed by atoms with van der Waals surface area (Å²) >= 11 is 1.24.